The lowest BCUT2D eigenvalue weighted by Crippen LogP contribution is -2.20. The Morgan fingerprint density at radius 1 is 1.33 bits per heavy atom. The van der Waals surface area contributed by atoms with E-state index in [2.05, 4.69) is 10.2 Å². The average Bonchev–Trinajstić information content (AvgIpc) is 2.18. The summed E-state index contributed by atoms with van der Waals surface area (Å²) >= 11 is 0. The van der Waals surface area contributed by atoms with Gasteiger partial charge in [0.2, 0.25) is 0 Å². The summed E-state index contributed by atoms with van der Waals surface area (Å²) in [4.78, 5) is 12.7. The number of carbonyl (C=O) groups is 1. The van der Waals surface area contributed by atoms with Crippen LogP contribution in [-0.4, -0.2) is 43.2 Å². The molecule has 4 nitrogen and oxygen atoms in total. The van der Waals surface area contributed by atoms with Crippen LogP contribution < -0.4 is 5.32 Å². The van der Waals surface area contributed by atoms with Crippen molar-refractivity contribution in [1.29, 1.82) is 0 Å². The summed E-state index contributed by atoms with van der Waals surface area (Å²) in [6.07, 6.45) is 0. The third-order valence-corrected chi connectivity index (χ3v) is 2.02. The number of anilines is 1. The van der Waals surface area contributed by atoms with Crippen molar-refractivity contribution in [1.82, 2.24) is 4.90 Å². The predicted octanol–water partition coefficient (Wildman–Crippen LogP) is 1.36. The summed E-state index contributed by atoms with van der Waals surface area (Å²) in [6.45, 7) is 1.79. The molecule has 0 saturated heterocycles. The summed E-state index contributed by atoms with van der Waals surface area (Å²) in [6, 6.07) is 6.75. The number of benzene rings is 1. The van der Waals surface area contributed by atoms with Crippen molar-refractivity contribution in [3.63, 3.8) is 0 Å². The highest BCUT2D eigenvalue weighted by atomic mass is 16.4. The zero-order chi connectivity index (χ0) is 11.3. The lowest BCUT2D eigenvalue weighted by Gasteiger charge is -2.11. The topological polar surface area (TPSA) is 52.6 Å². The zero-order valence-corrected chi connectivity index (χ0v) is 9.03. The molecule has 0 aliphatic heterocycles. The minimum Gasteiger partial charge on any atom is -0.478 e. The van der Waals surface area contributed by atoms with E-state index in [1.54, 1.807) is 24.3 Å². The van der Waals surface area contributed by atoms with Crippen LogP contribution in [0.3, 0.4) is 0 Å². The van der Waals surface area contributed by atoms with Crippen LogP contribution in [0.5, 0.6) is 0 Å². The van der Waals surface area contributed by atoms with Gasteiger partial charge in [-0.3, -0.25) is 0 Å². The van der Waals surface area contributed by atoms with Crippen molar-refractivity contribution in [2.24, 2.45) is 0 Å². The van der Waals surface area contributed by atoms with Gasteiger partial charge in [0, 0.05) is 18.8 Å². The smallest absolute Gasteiger partial charge is 0.335 e. The summed E-state index contributed by atoms with van der Waals surface area (Å²) in [5.74, 6) is -0.894. The molecule has 0 atom stereocenters. The van der Waals surface area contributed by atoms with Gasteiger partial charge in [0.1, 0.15) is 0 Å². The van der Waals surface area contributed by atoms with E-state index in [0.717, 1.165) is 18.8 Å². The van der Waals surface area contributed by atoms with Gasteiger partial charge in [-0.15, -0.1) is 0 Å². The Bertz CT molecular complexity index is 320. The molecule has 0 aliphatic carbocycles. The van der Waals surface area contributed by atoms with Crippen molar-refractivity contribution in [2.45, 2.75) is 0 Å². The first-order valence-corrected chi connectivity index (χ1v) is 4.81. The van der Waals surface area contributed by atoms with Crippen LogP contribution in [0.2, 0.25) is 0 Å². The molecule has 0 radical (unpaired) electrons. The minimum absolute atomic E-state index is 0.313. The first kappa shape index (κ1) is 11.5. The fourth-order valence-electron chi connectivity index (χ4n) is 1.15. The standard InChI is InChI=1S/C11H16N2O2/c1-13(2)8-7-12-10-5-3-9(4-6-10)11(14)15/h3-6,12H,7-8H2,1-2H3,(H,14,15). The van der Waals surface area contributed by atoms with Crippen molar-refractivity contribution < 1.29 is 9.90 Å². The largest absolute Gasteiger partial charge is 0.478 e. The molecule has 0 amide bonds. The van der Waals surface area contributed by atoms with Gasteiger partial charge in [-0.1, -0.05) is 0 Å². The van der Waals surface area contributed by atoms with Crippen LogP contribution in [0.4, 0.5) is 5.69 Å². The molecule has 1 aromatic carbocycles. The monoisotopic (exact) mass is 208 g/mol. The van der Waals surface area contributed by atoms with Gasteiger partial charge in [0.05, 0.1) is 5.56 Å². The second-order valence-corrected chi connectivity index (χ2v) is 3.61. The van der Waals surface area contributed by atoms with Crippen molar-refractivity contribution in [3.8, 4) is 0 Å². The normalized spacial score (nSPS) is 10.3. The third kappa shape index (κ3) is 3.99. The molecular weight excluding hydrogens is 192 g/mol. The predicted molar refractivity (Wildman–Crippen MR) is 60.4 cm³/mol. The molecule has 2 N–H and O–H groups in total. The van der Waals surface area contributed by atoms with Crippen LogP contribution in [0.25, 0.3) is 0 Å². The molecule has 0 spiro atoms. The molecule has 0 aliphatic rings. The van der Waals surface area contributed by atoms with Crippen molar-refractivity contribution in [3.05, 3.63) is 29.8 Å². The number of likely N-dealkylation sites (N-methyl/N-ethyl adjacent to an activating group) is 1. The summed E-state index contributed by atoms with van der Waals surface area (Å²) in [5, 5.41) is 11.9. The molecule has 1 rings (SSSR count). The Labute approximate surface area is 89.5 Å². The van der Waals surface area contributed by atoms with E-state index in [4.69, 9.17) is 5.11 Å². The first-order chi connectivity index (χ1) is 7.09. The van der Waals surface area contributed by atoms with E-state index in [9.17, 15) is 4.79 Å². The summed E-state index contributed by atoms with van der Waals surface area (Å²) in [7, 11) is 4.02. The number of nitrogens with one attached hydrogen (secondary N) is 1. The van der Waals surface area contributed by atoms with E-state index >= 15 is 0 Å². The number of hydrogen-bond donors (Lipinski definition) is 2. The number of carboxylic acid groups (broad SMARTS) is 1. The van der Waals surface area contributed by atoms with Gasteiger partial charge in [-0.2, -0.15) is 0 Å². The molecular formula is C11H16N2O2. The highest BCUT2D eigenvalue weighted by Crippen LogP contribution is 2.08. The zero-order valence-electron chi connectivity index (χ0n) is 9.03. The maximum atomic E-state index is 10.6. The van der Waals surface area contributed by atoms with E-state index < -0.39 is 5.97 Å². The average molecular weight is 208 g/mol. The quantitative estimate of drug-likeness (QED) is 0.767. The fraction of sp³-hybridized carbons (Fsp3) is 0.364. The van der Waals surface area contributed by atoms with Crippen LogP contribution in [-0.2, 0) is 0 Å². The fourth-order valence-corrected chi connectivity index (χ4v) is 1.15. The molecule has 0 unspecified atom stereocenters. The molecule has 0 bridgehead atoms. The van der Waals surface area contributed by atoms with Gasteiger partial charge >= 0.3 is 5.97 Å². The van der Waals surface area contributed by atoms with Gasteiger partial charge in [0.25, 0.3) is 0 Å². The molecule has 0 fully saturated rings. The molecule has 0 aromatic heterocycles. The molecule has 0 heterocycles. The number of rotatable bonds is 5. The van der Waals surface area contributed by atoms with E-state index in [-0.39, 0.29) is 0 Å². The van der Waals surface area contributed by atoms with Crippen LogP contribution >= 0.6 is 0 Å². The number of nitrogens with zero attached hydrogens (tertiary/aromatic N) is 1. The lowest BCUT2D eigenvalue weighted by molar-refractivity contribution is 0.0697. The Hall–Kier alpha value is -1.55. The number of aromatic carboxylic acids is 1. The van der Waals surface area contributed by atoms with E-state index in [1.165, 1.54) is 0 Å². The summed E-state index contributed by atoms with van der Waals surface area (Å²) < 4.78 is 0. The summed E-state index contributed by atoms with van der Waals surface area (Å²) in [5.41, 5.74) is 1.26. The first-order valence-electron chi connectivity index (χ1n) is 4.81. The molecule has 15 heavy (non-hydrogen) atoms. The van der Waals surface area contributed by atoms with Crippen LogP contribution in [0, 0.1) is 0 Å². The third-order valence-electron chi connectivity index (χ3n) is 2.02. The molecule has 4 heteroatoms. The Morgan fingerprint density at radius 3 is 2.40 bits per heavy atom. The van der Waals surface area contributed by atoms with Gasteiger partial charge < -0.3 is 15.3 Å². The van der Waals surface area contributed by atoms with Gasteiger partial charge in [0.15, 0.2) is 0 Å². The second kappa shape index (κ2) is 5.36. The maximum absolute atomic E-state index is 10.6. The molecule has 0 saturated carbocycles. The highest BCUT2D eigenvalue weighted by Gasteiger charge is 2.00. The van der Waals surface area contributed by atoms with Gasteiger partial charge in [-0.25, -0.2) is 4.79 Å². The SMILES string of the molecule is CN(C)CCNc1ccc(C(=O)O)cc1. The van der Waals surface area contributed by atoms with Gasteiger partial charge in [-0.05, 0) is 38.4 Å². The van der Waals surface area contributed by atoms with E-state index in [0.29, 0.717) is 5.56 Å². The highest BCUT2D eigenvalue weighted by molar-refractivity contribution is 5.87. The van der Waals surface area contributed by atoms with Crippen molar-refractivity contribution in [2.75, 3.05) is 32.5 Å². The molecule has 1 aromatic rings. The van der Waals surface area contributed by atoms with E-state index in [1.807, 2.05) is 14.1 Å². The molecule has 82 valence electrons. The van der Waals surface area contributed by atoms with Crippen LogP contribution in [0.1, 0.15) is 10.4 Å². The minimum atomic E-state index is -0.894. The van der Waals surface area contributed by atoms with Crippen molar-refractivity contribution >= 4 is 11.7 Å². The Balaban J connectivity index is 2.46. The maximum Gasteiger partial charge on any atom is 0.335 e. The number of hydrogen-bond acceptors (Lipinski definition) is 3. The second-order valence-electron chi connectivity index (χ2n) is 3.61. The van der Waals surface area contributed by atoms with Crippen LogP contribution in [0.15, 0.2) is 24.3 Å². The number of carboxylic acids is 1. The Kier molecular flexibility index (Phi) is 4.12. The lowest BCUT2D eigenvalue weighted by atomic mass is 10.2. The Morgan fingerprint density at radius 2 is 1.93 bits per heavy atom.